The van der Waals surface area contributed by atoms with E-state index in [2.05, 4.69) is 18.4 Å². The van der Waals surface area contributed by atoms with Crippen LogP contribution in [0.25, 0.3) is 0 Å². The predicted octanol–water partition coefficient (Wildman–Crippen LogP) is 1.71. The van der Waals surface area contributed by atoms with E-state index >= 15 is 0 Å². The van der Waals surface area contributed by atoms with Gasteiger partial charge in [0.15, 0.2) is 0 Å². The second-order valence-electron chi connectivity index (χ2n) is 4.29. The van der Waals surface area contributed by atoms with Crippen LogP contribution in [0.2, 0.25) is 0 Å². The Kier molecular flexibility index (Phi) is 4.48. The topological polar surface area (TPSA) is 46.3 Å². The number of fused-ring (bicyclic) bond motifs is 1. The van der Waals surface area contributed by atoms with Crippen molar-refractivity contribution in [1.29, 1.82) is 0 Å². The number of hydrogen-bond donors (Lipinski definition) is 1. The van der Waals surface area contributed by atoms with Gasteiger partial charge in [0.2, 0.25) is 5.91 Å². The molecule has 5 heteroatoms. The molecule has 17 heavy (non-hydrogen) atoms. The molecule has 0 spiro atoms. The third-order valence-electron chi connectivity index (χ3n) is 2.98. The highest BCUT2D eigenvalue weighted by Crippen LogP contribution is 2.24. The molecule has 2 rings (SSSR count). The number of hydrogen-bond acceptors (Lipinski definition) is 4. The Morgan fingerprint density at radius 2 is 2.53 bits per heavy atom. The monoisotopic (exact) mass is 270 g/mol. The fourth-order valence-corrected chi connectivity index (χ4v) is 3.47. The van der Waals surface area contributed by atoms with E-state index < -0.39 is 0 Å². The fraction of sp³-hybridized carbons (Fsp3) is 0.583. The first-order chi connectivity index (χ1) is 8.20. The molecule has 2 N–H and O–H groups in total. The Morgan fingerprint density at radius 1 is 1.71 bits per heavy atom. The van der Waals surface area contributed by atoms with Gasteiger partial charge in [0, 0.05) is 29.8 Å². The van der Waals surface area contributed by atoms with Crippen LogP contribution in [0.3, 0.4) is 0 Å². The number of amides is 1. The molecule has 1 atom stereocenters. The van der Waals surface area contributed by atoms with Crippen molar-refractivity contribution in [1.82, 2.24) is 4.90 Å². The molecule has 0 fully saturated rings. The third-order valence-corrected chi connectivity index (χ3v) is 5.18. The molecule has 0 saturated heterocycles. The number of nitrogens with zero attached hydrogens (tertiary/aromatic N) is 1. The number of nitrogens with two attached hydrogens (primary N) is 1. The van der Waals surface area contributed by atoms with Crippen LogP contribution < -0.4 is 5.73 Å². The number of thioether (sulfide) groups is 1. The summed E-state index contributed by atoms with van der Waals surface area (Å²) in [5.74, 6) is 0.796. The molecule has 0 saturated carbocycles. The SMILES string of the molecule is CC(CN)SCC(=O)N1CCc2sccc2C1. The van der Waals surface area contributed by atoms with Gasteiger partial charge in [-0.05, 0) is 23.4 Å². The minimum absolute atomic E-state index is 0.243. The Hall–Kier alpha value is -0.520. The zero-order valence-electron chi connectivity index (χ0n) is 10.0. The van der Waals surface area contributed by atoms with Gasteiger partial charge in [-0.15, -0.1) is 23.1 Å². The molecule has 2 heterocycles. The van der Waals surface area contributed by atoms with Crippen molar-refractivity contribution in [2.45, 2.75) is 25.1 Å². The molecule has 0 bridgehead atoms. The van der Waals surface area contributed by atoms with Crippen LogP contribution in [0.15, 0.2) is 11.4 Å². The van der Waals surface area contributed by atoms with Crippen molar-refractivity contribution in [2.24, 2.45) is 5.73 Å². The number of rotatable bonds is 4. The highest BCUT2D eigenvalue weighted by molar-refractivity contribution is 8.00. The molecule has 0 aromatic carbocycles. The van der Waals surface area contributed by atoms with Crippen molar-refractivity contribution < 1.29 is 4.79 Å². The highest BCUT2D eigenvalue weighted by atomic mass is 32.2. The maximum atomic E-state index is 12.0. The molecule has 1 unspecified atom stereocenters. The van der Waals surface area contributed by atoms with E-state index in [4.69, 9.17) is 5.73 Å². The number of carbonyl (C=O) groups is 1. The minimum atomic E-state index is 0.243. The molecule has 1 aromatic heterocycles. The fourth-order valence-electron chi connectivity index (χ4n) is 1.83. The third kappa shape index (κ3) is 3.24. The molecule has 0 radical (unpaired) electrons. The van der Waals surface area contributed by atoms with Gasteiger partial charge in [0.25, 0.3) is 0 Å². The van der Waals surface area contributed by atoms with E-state index in [-0.39, 0.29) is 5.91 Å². The first-order valence-electron chi connectivity index (χ1n) is 5.85. The first-order valence-corrected chi connectivity index (χ1v) is 7.78. The summed E-state index contributed by atoms with van der Waals surface area (Å²) in [6, 6.07) is 2.13. The molecule has 1 aliphatic rings. The lowest BCUT2D eigenvalue weighted by atomic mass is 10.1. The summed E-state index contributed by atoms with van der Waals surface area (Å²) in [6.07, 6.45) is 1.01. The van der Waals surface area contributed by atoms with Crippen LogP contribution in [0.4, 0.5) is 0 Å². The summed E-state index contributed by atoms with van der Waals surface area (Å²) in [6.45, 7) is 4.34. The Balaban J connectivity index is 1.86. The van der Waals surface area contributed by atoms with Gasteiger partial charge in [0.05, 0.1) is 5.75 Å². The summed E-state index contributed by atoms with van der Waals surface area (Å²) < 4.78 is 0. The summed E-state index contributed by atoms with van der Waals surface area (Å²) >= 11 is 3.45. The zero-order valence-corrected chi connectivity index (χ0v) is 11.6. The summed E-state index contributed by atoms with van der Waals surface area (Å²) in [7, 11) is 0. The van der Waals surface area contributed by atoms with Gasteiger partial charge in [-0.3, -0.25) is 4.79 Å². The molecule has 0 aliphatic carbocycles. The van der Waals surface area contributed by atoms with Crippen molar-refractivity contribution in [2.75, 3.05) is 18.8 Å². The molecule has 1 aromatic rings. The van der Waals surface area contributed by atoms with E-state index in [0.29, 0.717) is 17.5 Å². The molecule has 1 aliphatic heterocycles. The molecule has 1 amide bonds. The van der Waals surface area contributed by atoms with Crippen LogP contribution in [0, 0.1) is 0 Å². The average molecular weight is 270 g/mol. The number of carbonyl (C=O) groups excluding carboxylic acids is 1. The maximum Gasteiger partial charge on any atom is 0.232 e. The standard InChI is InChI=1S/C12H18N2OS2/c1-9(6-13)17-8-12(15)14-4-2-11-10(7-14)3-5-16-11/h3,5,9H,2,4,6-8,13H2,1H3. The summed E-state index contributed by atoms with van der Waals surface area (Å²) in [5.41, 5.74) is 6.87. The van der Waals surface area contributed by atoms with Gasteiger partial charge in [0.1, 0.15) is 0 Å². The largest absolute Gasteiger partial charge is 0.337 e. The molecule has 94 valence electrons. The van der Waals surface area contributed by atoms with E-state index in [0.717, 1.165) is 19.5 Å². The summed E-state index contributed by atoms with van der Waals surface area (Å²) in [5, 5.41) is 2.48. The Bertz CT molecular complexity index is 392. The van der Waals surface area contributed by atoms with E-state index in [1.807, 2.05) is 4.90 Å². The zero-order chi connectivity index (χ0) is 12.3. The first kappa shape index (κ1) is 12.9. The van der Waals surface area contributed by atoms with E-state index in [1.54, 1.807) is 23.1 Å². The van der Waals surface area contributed by atoms with Crippen molar-refractivity contribution >= 4 is 29.0 Å². The van der Waals surface area contributed by atoms with Crippen LogP contribution >= 0.6 is 23.1 Å². The molecule has 3 nitrogen and oxygen atoms in total. The van der Waals surface area contributed by atoms with Gasteiger partial charge < -0.3 is 10.6 Å². The lowest BCUT2D eigenvalue weighted by molar-refractivity contribution is -0.129. The van der Waals surface area contributed by atoms with Gasteiger partial charge in [-0.1, -0.05) is 6.92 Å². The van der Waals surface area contributed by atoms with E-state index in [9.17, 15) is 4.79 Å². The van der Waals surface area contributed by atoms with Crippen LogP contribution in [-0.2, 0) is 17.8 Å². The minimum Gasteiger partial charge on any atom is -0.337 e. The average Bonchev–Trinajstić information content (AvgIpc) is 2.82. The normalized spacial score (nSPS) is 16.7. The smallest absolute Gasteiger partial charge is 0.232 e. The Morgan fingerprint density at radius 3 is 3.29 bits per heavy atom. The second kappa shape index (κ2) is 5.89. The summed E-state index contributed by atoms with van der Waals surface area (Å²) in [4.78, 5) is 15.4. The molecular weight excluding hydrogens is 252 g/mol. The van der Waals surface area contributed by atoms with E-state index in [1.165, 1.54) is 10.4 Å². The van der Waals surface area contributed by atoms with Gasteiger partial charge in [-0.25, -0.2) is 0 Å². The van der Waals surface area contributed by atoms with Crippen LogP contribution in [-0.4, -0.2) is 34.9 Å². The Labute approximate surface area is 110 Å². The van der Waals surface area contributed by atoms with Gasteiger partial charge in [-0.2, -0.15) is 0 Å². The van der Waals surface area contributed by atoms with Crippen LogP contribution in [0.1, 0.15) is 17.4 Å². The van der Waals surface area contributed by atoms with Crippen molar-refractivity contribution in [3.63, 3.8) is 0 Å². The number of thiophene rings is 1. The quantitative estimate of drug-likeness (QED) is 0.906. The molecular formula is C12H18N2OS2. The second-order valence-corrected chi connectivity index (χ2v) is 6.72. The lowest BCUT2D eigenvalue weighted by Crippen LogP contribution is -2.37. The highest BCUT2D eigenvalue weighted by Gasteiger charge is 2.21. The van der Waals surface area contributed by atoms with Crippen LogP contribution in [0.5, 0.6) is 0 Å². The van der Waals surface area contributed by atoms with Gasteiger partial charge >= 0.3 is 0 Å². The predicted molar refractivity (Wildman–Crippen MR) is 74.4 cm³/mol. The maximum absolute atomic E-state index is 12.0. The van der Waals surface area contributed by atoms with Crippen molar-refractivity contribution in [3.8, 4) is 0 Å². The lowest BCUT2D eigenvalue weighted by Gasteiger charge is -2.27. The van der Waals surface area contributed by atoms with Crippen molar-refractivity contribution in [3.05, 3.63) is 21.9 Å².